The van der Waals surface area contributed by atoms with E-state index < -0.39 is 5.91 Å². The van der Waals surface area contributed by atoms with Crippen molar-refractivity contribution in [2.75, 3.05) is 6.61 Å². The fraction of sp³-hybridized carbons (Fsp3) is 0.227. The van der Waals surface area contributed by atoms with Gasteiger partial charge in [0.25, 0.3) is 5.91 Å². The van der Waals surface area contributed by atoms with E-state index in [1.165, 1.54) is 18.5 Å². The second-order valence-corrected chi connectivity index (χ2v) is 7.72. The number of phenolic OH excluding ortho intramolecular Hbond substituents is 1. The van der Waals surface area contributed by atoms with Crippen LogP contribution in [0.5, 0.6) is 11.5 Å². The monoisotopic (exact) mass is 449 g/mol. The Balaban J connectivity index is 2.10. The smallest absolute Gasteiger partial charge is 0.262 e. The lowest BCUT2D eigenvalue weighted by molar-refractivity contribution is -0.122. The zero-order chi connectivity index (χ0) is 22.3. The van der Waals surface area contributed by atoms with Crippen molar-refractivity contribution in [1.82, 2.24) is 5.32 Å². The Bertz CT molecular complexity index is 949. The third-order valence-electron chi connectivity index (χ3n) is 4.32. The van der Waals surface area contributed by atoms with Crippen molar-refractivity contribution in [3.05, 3.63) is 81.2 Å². The van der Waals surface area contributed by atoms with Gasteiger partial charge < -0.3 is 26.6 Å². The molecule has 30 heavy (non-hydrogen) atoms. The predicted octanol–water partition coefficient (Wildman–Crippen LogP) is 4.18. The van der Waals surface area contributed by atoms with Crippen molar-refractivity contribution in [3.8, 4) is 11.5 Å². The molecule has 6 N–H and O–H groups in total. The molecule has 0 radical (unpaired) electrons. The highest BCUT2D eigenvalue weighted by Crippen LogP contribution is 2.33. The van der Waals surface area contributed by atoms with Crippen LogP contribution < -0.4 is 21.5 Å². The summed E-state index contributed by atoms with van der Waals surface area (Å²) in [5.74, 6) is 0.409. The number of aromatic hydroxyl groups is 1. The Hall–Kier alpha value is -2.83. The van der Waals surface area contributed by atoms with E-state index in [9.17, 15) is 9.90 Å². The SMILES string of the molecule is CC(C)c1cc(Cc2c(Cl)cc(OCC(=O)NC(/C=C\N)=C/N)cc2Cl)ccc1O. The zero-order valence-corrected chi connectivity index (χ0v) is 18.3. The van der Waals surface area contributed by atoms with Gasteiger partial charge in [0.2, 0.25) is 0 Å². The maximum Gasteiger partial charge on any atom is 0.262 e. The minimum Gasteiger partial charge on any atom is -0.508 e. The molecule has 0 aromatic heterocycles. The summed E-state index contributed by atoms with van der Waals surface area (Å²) in [7, 11) is 0. The van der Waals surface area contributed by atoms with Crippen molar-refractivity contribution < 1.29 is 14.6 Å². The third kappa shape index (κ3) is 6.34. The van der Waals surface area contributed by atoms with Gasteiger partial charge in [-0.15, -0.1) is 0 Å². The topological polar surface area (TPSA) is 111 Å². The lowest BCUT2D eigenvalue weighted by Crippen LogP contribution is -2.28. The van der Waals surface area contributed by atoms with Crippen LogP contribution in [0.1, 0.15) is 36.5 Å². The van der Waals surface area contributed by atoms with Crippen molar-refractivity contribution >= 4 is 29.1 Å². The van der Waals surface area contributed by atoms with E-state index in [1.807, 2.05) is 26.0 Å². The molecule has 0 heterocycles. The van der Waals surface area contributed by atoms with Crippen LogP contribution in [0.2, 0.25) is 10.0 Å². The average Bonchev–Trinajstić information content (AvgIpc) is 2.69. The summed E-state index contributed by atoms with van der Waals surface area (Å²) in [6.07, 6.45) is 4.43. The van der Waals surface area contributed by atoms with E-state index in [-0.39, 0.29) is 18.3 Å². The molecule has 2 rings (SSSR count). The number of ether oxygens (including phenoxy) is 1. The Morgan fingerprint density at radius 3 is 2.43 bits per heavy atom. The van der Waals surface area contributed by atoms with Crippen LogP contribution in [0.25, 0.3) is 0 Å². The number of phenols is 1. The molecule has 6 nitrogen and oxygen atoms in total. The molecule has 0 saturated carbocycles. The Morgan fingerprint density at radius 2 is 1.87 bits per heavy atom. The second-order valence-electron chi connectivity index (χ2n) is 6.91. The fourth-order valence-corrected chi connectivity index (χ4v) is 3.40. The highest BCUT2D eigenvalue weighted by molar-refractivity contribution is 6.36. The van der Waals surface area contributed by atoms with Gasteiger partial charge in [0, 0.05) is 22.7 Å². The van der Waals surface area contributed by atoms with Crippen molar-refractivity contribution in [2.24, 2.45) is 11.5 Å². The largest absolute Gasteiger partial charge is 0.508 e. The van der Waals surface area contributed by atoms with E-state index in [0.717, 1.165) is 16.7 Å². The molecule has 0 aliphatic rings. The molecule has 0 aliphatic heterocycles. The Labute approximate surface area is 186 Å². The van der Waals surface area contributed by atoms with Gasteiger partial charge in [-0.2, -0.15) is 0 Å². The van der Waals surface area contributed by atoms with E-state index >= 15 is 0 Å². The summed E-state index contributed by atoms with van der Waals surface area (Å²) in [5, 5.41) is 13.4. The van der Waals surface area contributed by atoms with Crippen molar-refractivity contribution in [3.63, 3.8) is 0 Å². The van der Waals surface area contributed by atoms with Crippen LogP contribution in [0.4, 0.5) is 0 Å². The lowest BCUT2D eigenvalue weighted by Gasteiger charge is -2.14. The molecular weight excluding hydrogens is 425 g/mol. The highest BCUT2D eigenvalue weighted by Gasteiger charge is 2.13. The Morgan fingerprint density at radius 1 is 1.20 bits per heavy atom. The second kappa shape index (κ2) is 10.8. The number of hydrogen-bond donors (Lipinski definition) is 4. The van der Waals surface area contributed by atoms with E-state index in [2.05, 4.69) is 5.32 Å². The summed E-state index contributed by atoms with van der Waals surface area (Å²) in [6.45, 7) is 3.77. The summed E-state index contributed by atoms with van der Waals surface area (Å²) in [5.41, 5.74) is 13.6. The number of carbonyl (C=O) groups is 1. The van der Waals surface area contributed by atoms with Crippen LogP contribution in [0, 0.1) is 0 Å². The van der Waals surface area contributed by atoms with Gasteiger partial charge >= 0.3 is 0 Å². The summed E-state index contributed by atoms with van der Waals surface area (Å²) in [6, 6.07) is 8.67. The van der Waals surface area contributed by atoms with Gasteiger partial charge in [0.05, 0.1) is 5.70 Å². The molecular formula is C22H25Cl2N3O3. The molecule has 2 aromatic carbocycles. The van der Waals surface area contributed by atoms with Gasteiger partial charge in [0.1, 0.15) is 11.5 Å². The van der Waals surface area contributed by atoms with Crippen LogP contribution in [-0.4, -0.2) is 17.6 Å². The van der Waals surface area contributed by atoms with Gasteiger partial charge in [-0.1, -0.05) is 49.2 Å². The molecule has 0 aliphatic carbocycles. The molecule has 0 bridgehead atoms. The first-order valence-corrected chi connectivity index (χ1v) is 10.0. The maximum atomic E-state index is 12.0. The number of rotatable bonds is 8. The predicted molar refractivity (Wildman–Crippen MR) is 121 cm³/mol. The minimum absolute atomic E-state index is 0.188. The fourth-order valence-electron chi connectivity index (χ4n) is 2.80. The van der Waals surface area contributed by atoms with Gasteiger partial charge in [-0.3, -0.25) is 4.79 Å². The summed E-state index contributed by atoms with van der Waals surface area (Å²) >= 11 is 12.8. The quantitative estimate of drug-likeness (QED) is 0.451. The molecule has 0 fully saturated rings. The average molecular weight is 450 g/mol. The minimum atomic E-state index is -0.411. The maximum absolute atomic E-state index is 12.0. The van der Waals surface area contributed by atoms with E-state index in [1.54, 1.807) is 18.2 Å². The lowest BCUT2D eigenvalue weighted by atomic mass is 9.96. The van der Waals surface area contributed by atoms with Gasteiger partial charge in [0.15, 0.2) is 6.61 Å². The number of allylic oxidation sites excluding steroid dienone is 1. The normalized spacial score (nSPS) is 11.8. The molecule has 0 saturated heterocycles. The standard InChI is InChI=1S/C22H25Cl2N3O3/c1-13(2)17-7-14(3-4-21(17)28)8-18-19(23)9-16(10-20(18)24)30-12-22(29)27-15(11-26)5-6-25/h3-7,9-11,13,28H,8,12,25-26H2,1-2H3,(H,27,29)/b6-5-,15-11+. The first kappa shape index (κ1) is 23.4. The number of hydrogen-bond acceptors (Lipinski definition) is 5. The number of carbonyl (C=O) groups excluding carboxylic acids is 1. The molecule has 0 unspecified atom stereocenters. The summed E-state index contributed by atoms with van der Waals surface area (Å²) < 4.78 is 5.49. The molecule has 2 aromatic rings. The van der Waals surface area contributed by atoms with Crippen LogP contribution >= 0.6 is 23.2 Å². The van der Waals surface area contributed by atoms with Gasteiger partial charge in [-0.25, -0.2) is 0 Å². The van der Waals surface area contributed by atoms with E-state index in [4.69, 9.17) is 39.4 Å². The Kier molecular flexibility index (Phi) is 8.45. The number of nitrogens with two attached hydrogens (primary N) is 2. The molecule has 1 amide bonds. The molecule has 8 heteroatoms. The van der Waals surface area contributed by atoms with Crippen LogP contribution in [-0.2, 0) is 11.2 Å². The number of halogens is 2. The first-order chi connectivity index (χ1) is 14.2. The summed E-state index contributed by atoms with van der Waals surface area (Å²) in [4.78, 5) is 12.0. The molecule has 0 atom stereocenters. The highest BCUT2D eigenvalue weighted by atomic mass is 35.5. The van der Waals surface area contributed by atoms with Crippen LogP contribution in [0.15, 0.2) is 54.5 Å². The van der Waals surface area contributed by atoms with Crippen molar-refractivity contribution in [2.45, 2.75) is 26.2 Å². The third-order valence-corrected chi connectivity index (χ3v) is 4.99. The number of benzene rings is 2. The molecule has 0 spiro atoms. The van der Waals surface area contributed by atoms with E-state index in [0.29, 0.717) is 27.9 Å². The number of amides is 1. The first-order valence-electron chi connectivity index (χ1n) is 9.27. The molecule has 160 valence electrons. The van der Waals surface area contributed by atoms with Crippen molar-refractivity contribution in [1.29, 1.82) is 0 Å². The van der Waals surface area contributed by atoms with Crippen LogP contribution in [0.3, 0.4) is 0 Å². The zero-order valence-electron chi connectivity index (χ0n) is 16.8. The number of nitrogens with one attached hydrogen (secondary N) is 1. The van der Waals surface area contributed by atoms with Gasteiger partial charge in [-0.05, 0) is 53.1 Å².